The van der Waals surface area contributed by atoms with Crippen LogP contribution >= 0.6 is 23.2 Å². The van der Waals surface area contributed by atoms with Crippen molar-refractivity contribution >= 4 is 97.3 Å². The zero-order valence-corrected chi connectivity index (χ0v) is 48.8. The molecule has 2 aliphatic heterocycles. The fourth-order valence-electron chi connectivity index (χ4n) is 8.54. The van der Waals surface area contributed by atoms with E-state index in [2.05, 4.69) is 134 Å². The number of amides is 3. The molecule has 3 amide bonds. The molecule has 4 aromatic carbocycles. The number of carbonyl (C=O) groups is 3. The second-order valence-corrected chi connectivity index (χ2v) is 21.8. The molecule has 426 valence electrons. The van der Waals surface area contributed by atoms with Crippen LogP contribution < -0.4 is 20.9 Å². The Balaban J connectivity index is 0.000000257. The average molecular weight is 1150 g/mol. The molecule has 2 aliphatic rings. The molecule has 4 N–H and O–H groups in total. The number of nitrogens with one attached hydrogen (secondary N) is 3. The van der Waals surface area contributed by atoms with Gasteiger partial charge in [0.2, 0.25) is 11.8 Å². The SMILES string of the molecule is C=CC(=O)Nc1cc2c(N(C(=O)OC(C)(C)C)c3ccc(F)c(Cl)c3)ncnc2cc1C#CC(C)(C)N1CCN(C)CC1.C=CC(=O)Nc1cc2c(Nc3ccc(F)c(Cl)c3)ncnc2cc1C#CC(C)(C)N1CCN(C)CC1.CO. The molecule has 2 aromatic heterocycles. The van der Waals surface area contributed by atoms with Crippen molar-refractivity contribution < 1.29 is 33.0 Å². The first-order chi connectivity index (χ1) is 38.3. The first-order valence-corrected chi connectivity index (χ1v) is 26.6. The molecule has 21 heteroatoms. The van der Waals surface area contributed by atoms with E-state index < -0.39 is 34.8 Å². The maximum atomic E-state index is 14.1. The zero-order valence-electron chi connectivity index (χ0n) is 47.3. The summed E-state index contributed by atoms with van der Waals surface area (Å²) in [6.07, 6.45) is 4.35. The van der Waals surface area contributed by atoms with Gasteiger partial charge in [0, 0.05) is 75.9 Å². The number of aromatic nitrogens is 4. The van der Waals surface area contributed by atoms with Gasteiger partial charge in [-0.2, -0.15) is 0 Å². The van der Waals surface area contributed by atoms with Gasteiger partial charge in [-0.05, 0) is 135 Å². The Morgan fingerprint density at radius 1 is 0.654 bits per heavy atom. The van der Waals surface area contributed by atoms with Gasteiger partial charge in [0.15, 0.2) is 5.82 Å². The maximum absolute atomic E-state index is 14.1. The first-order valence-electron chi connectivity index (χ1n) is 25.9. The van der Waals surface area contributed by atoms with Crippen molar-refractivity contribution in [2.75, 3.05) is 94.4 Å². The topological polar surface area (TPSA) is 185 Å². The summed E-state index contributed by atoms with van der Waals surface area (Å²) in [7, 11) is 5.22. The molecule has 2 saturated heterocycles. The molecule has 6 aromatic rings. The van der Waals surface area contributed by atoms with E-state index in [9.17, 15) is 23.2 Å². The van der Waals surface area contributed by atoms with Crippen LogP contribution in [0.4, 0.5) is 48.0 Å². The Morgan fingerprint density at radius 2 is 1.11 bits per heavy atom. The monoisotopic (exact) mass is 1140 g/mol. The van der Waals surface area contributed by atoms with Crippen LogP contribution in [0.5, 0.6) is 0 Å². The van der Waals surface area contributed by atoms with Gasteiger partial charge in [0.05, 0.1) is 60.3 Å². The highest BCUT2D eigenvalue weighted by atomic mass is 35.5. The van der Waals surface area contributed by atoms with Gasteiger partial charge in [0.25, 0.3) is 0 Å². The Labute approximate surface area is 482 Å². The summed E-state index contributed by atoms with van der Waals surface area (Å²) < 4.78 is 33.3. The third kappa shape index (κ3) is 16.5. The average Bonchev–Trinajstić information content (AvgIpc) is 3.54. The normalized spacial score (nSPS) is 14.3. The van der Waals surface area contributed by atoms with Gasteiger partial charge in [-0.15, -0.1) is 0 Å². The number of hydrogen-bond donors (Lipinski definition) is 4. The van der Waals surface area contributed by atoms with Crippen LogP contribution in [-0.2, 0) is 14.3 Å². The number of rotatable bonds is 10. The van der Waals surface area contributed by atoms with Gasteiger partial charge < -0.3 is 35.6 Å². The van der Waals surface area contributed by atoms with Crippen LogP contribution in [0.15, 0.2) is 98.6 Å². The maximum Gasteiger partial charge on any atom is 0.420 e. The summed E-state index contributed by atoms with van der Waals surface area (Å²) in [6.45, 7) is 28.2. The minimum atomic E-state index is -0.843. The number of halogens is 4. The third-order valence-electron chi connectivity index (χ3n) is 13.1. The van der Waals surface area contributed by atoms with Crippen molar-refractivity contribution in [3.8, 4) is 23.7 Å². The second kappa shape index (κ2) is 27.2. The van der Waals surface area contributed by atoms with Crippen molar-refractivity contribution in [1.82, 2.24) is 39.5 Å². The number of likely N-dealkylation sites (N-methyl/N-ethyl adjacent to an activating group) is 2. The predicted molar refractivity (Wildman–Crippen MR) is 319 cm³/mol. The molecule has 2 fully saturated rings. The van der Waals surface area contributed by atoms with E-state index in [4.69, 9.17) is 33.0 Å². The van der Waals surface area contributed by atoms with E-state index >= 15 is 0 Å². The summed E-state index contributed by atoms with van der Waals surface area (Å²) in [5.74, 6) is 12.0. The molecule has 0 atom stereocenters. The van der Waals surface area contributed by atoms with Crippen molar-refractivity contribution in [2.24, 2.45) is 0 Å². The van der Waals surface area contributed by atoms with E-state index in [1.54, 1.807) is 45.0 Å². The lowest BCUT2D eigenvalue weighted by molar-refractivity contribution is -0.112. The van der Waals surface area contributed by atoms with Crippen molar-refractivity contribution in [1.29, 1.82) is 0 Å². The molecule has 4 heterocycles. The van der Waals surface area contributed by atoms with Gasteiger partial charge in [-0.1, -0.05) is 60.0 Å². The number of carbonyl (C=O) groups excluding carboxylic acids is 3. The standard InChI is InChI=1S/C32H36ClFN6O3.C27H28ClFN6O.CH4O/c1-8-28(41)37-26-19-23-27(17-21(26)11-12-32(5,6)39-15-13-38(7)14-16-39)35-20-36-29(23)40(30(42)43-31(2,3)4)22-9-10-25(34)24(33)18-22;1-5-25(36)33-23-16-20-24(30-17-31-26(20)32-19-6-7-22(29)21(28)15-19)14-18(23)8-9-27(2,3)35-12-10-34(4)11-13-35;1-2/h8-10,17-20H,1,13-16H2,2-7H3,(H,37,41);5-7,14-17H,1,10-13H2,2-4H3,(H,33,36)(H,30,31,32);2H,1H3. The van der Waals surface area contributed by atoms with Crippen molar-refractivity contribution in [2.45, 2.75) is 65.1 Å². The van der Waals surface area contributed by atoms with Gasteiger partial charge in [0.1, 0.15) is 35.7 Å². The zero-order chi connectivity index (χ0) is 59.4. The molecule has 0 aliphatic carbocycles. The number of nitrogens with zero attached hydrogens (tertiary/aromatic N) is 9. The van der Waals surface area contributed by atoms with Crippen LogP contribution in [0.3, 0.4) is 0 Å². The summed E-state index contributed by atoms with van der Waals surface area (Å²) in [5, 5.41) is 16.7. The van der Waals surface area contributed by atoms with Crippen LogP contribution in [-0.4, -0.2) is 153 Å². The number of benzene rings is 4. The highest BCUT2D eigenvalue weighted by Crippen LogP contribution is 2.36. The Hall–Kier alpha value is -7.59. The Bertz CT molecular complexity index is 3440. The number of piperazine rings is 2. The lowest BCUT2D eigenvalue weighted by Gasteiger charge is -2.40. The largest absolute Gasteiger partial charge is 0.443 e. The number of hydrogen-bond acceptors (Lipinski definition) is 14. The summed E-state index contributed by atoms with van der Waals surface area (Å²) in [6, 6.07) is 15.2. The van der Waals surface area contributed by atoms with E-state index in [0.29, 0.717) is 55.8 Å². The minimum absolute atomic E-state index is 0.00202. The highest BCUT2D eigenvalue weighted by molar-refractivity contribution is 6.31. The third-order valence-corrected chi connectivity index (χ3v) is 13.7. The molecule has 0 spiro atoms. The van der Waals surface area contributed by atoms with Crippen LogP contribution in [0, 0.1) is 35.3 Å². The van der Waals surface area contributed by atoms with E-state index in [0.717, 1.165) is 71.6 Å². The molecular weight excluding hydrogens is 1080 g/mol. The quantitative estimate of drug-likeness (QED) is 0.0750. The van der Waals surface area contributed by atoms with E-state index in [1.807, 2.05) is 6.07 Å². The van der Waals surface area contributed by atoms with Crippen molar-refractivity contribution in [3.05, 3.63) is 131 Å². The molecular formula is C60H68Cl2F2N12O5. The van der Waals surface area contributed by atoms with Gasteiger partial charge >= 0.3 is 6.09 Å². The molecule has 0 bridgehead atoms. The predicted octanol–water partition coefficient (Wildman–Crippen LogP) is 10.3. The van der Waals surface area contributed by atoms with Crippen LogP contribution in [0.25, 0.3) is 21.8 Å². The second-order valence-electron chi connectivity index (χ2n) is 21.0. The van der Waals surface area contributed by atoms with Gasteiger partial charge in [-0.25, -0.2) is 38.4 Å². The molecule has 17 nitrogen and oxygen atoms in total. The van der Waals surface area contributed by atoms with Gasteiger partial charge in [-0.3, -0.25) is 19.4 Å². The summed E-state index contributed by atoms with van der Waals surface area (Å²) in [5.41, 5.74) is 2.34. The van der Waals surface area contributed by atoms with Crippen LogP contribution in [0.1, 0.15) is 59.6 Å². The Kier molecular flexibility index (Phi) is 21.1. The highest BCUT2D eigenvalue weighted by Gasteiger charge is 2.31. The smallest absolute Gasteiger partial charge is 0.420 e. The van der Waals surface area contributed by atoms with Crippen molar-refractivity contribution in [3.63, 3.8) is 0 Å². The van der Waals surface area contributed by atoms with E-state index in [1.165, 1.54) is 47.9 Å². The number of aliphatic hydroxyl groups excluding tert-OH is 1. The summed E-state index contributed by atoms with van der Waals surface area (Å²) in [4.78, 5) is 66.3. The fourth-order valence-corrected chi connectivity index (χ4v) is 8.89. The lowest BCUT2D eigenvalue weighted by Crippen LogP contribution is -2.53. The molecule has 0 radical (unpaired) electrons. The first kappa shape index (κ1) is 62.6. The fraction of sp³-hybridized carbons (Fsp3) is 0.350. The Morgan fingerprint density at radius 3 is 1.58 bits per heavy atom. The lowest BCUT2D eigenvalue weighted by atomic mass is 10.0. The minimum Gasteiger partial charge on any atom is -0.443 e. The number of fused-ring (bicyclic) bond motifs is 2. The summed E-state index contributed by atoms with van der Waals surface area (Å²) >= 11 is 12.0. The van der Waals surface area contributed by atoms with Crippen LogP contribution in [0.2, 0.25) is 10.0 Å². The number of aliphatic hydroxyl groups is 1. The molecule has 0 unspecified atom stereocenters. The molecule has 8 rings (SSSR count). The molecule has 81 heavy (non-hydrogen) atoms. The number of anilines is 6. The number of ether oxygens (including phenoxy) is 1. The molecule has 0 saturated carbocycles. The van der Waals surface area contributed by atoms with E-state index in [-0.39, 0.29) is 33.0 Å².